The van der Waals surface area contributed by atoms with E-state index in [9.17, 15) is 4.39 Å². The largest absolute Gasteiger partial charge is 0.378 e. The topological polar surface area (TPSA) is 35.2 Å². The van der Waals surface area contributed by atoms with E-state index in [2.05, 4.69) is 0 Å². The fraction of sp³-hybridized carbons (Fsp3) is 0.600. The molecule has 2 nitrogen and oxygen atoms in total. The van der Waals surface area contributed by atoms with Crippen molar-refractivity contribution in [1.82, 2.24) is 0 Å². The van der Waals surface area contributed by atoms with Crippen LogP contribution < -0.4 is 5.73 Å². The third-order valence-electron chi connectivity index (χ3n) is 3.81. The summed E-state index contributed by atoms with van der Waals surface area (Å²) in [5.74, 6) is 0.463. The van der Waals surface area contributed by atoms with Crippen LogP contribution in [0, 0.1) is 18.7 Å². The van der Waals surface area contributed by atoms with Gasteiger partial charge in [0.2, 0.25) is 0 Å². The summed E-state index contributed by atoms with van der Waals surface area (Å²) >= 11 is 0. The molecule has 1 aromatic rings. The Labute approximate surface area is 108 Å². The number of rotatable bonds is 5. The minimum atomic E-state index is -0.191. The number of hydrogen-bond acceptors (Lipinski definition) is 2. The number of halogens is 1. The van der Waals surface area contributed by atoms with E-state index in [1.807, 2.05) is 19.9 Å². The summed E-state index contributed by atoms with van der Waals surface area (Å²) in [6.07, 6.45) is 3.63. The molecule has 0 saturated heterocycles. The lowest BCUT2D eigenvalue weighted by atomic mass is 9.77. The quantitative estimate of drug-likeness (QED) is 0.871. The number of hydrogen-bond donors (Lipinski definition) is 1. The molecule has 0 radical (unpaired) electrons. The Hall–Kier alpha value is -0.930. The lowest BCUT2D eigenvalue weighted by Gasteiger charge is -2.36. The zero-order valence-electron chi connectivity index (χ0n) is 11.2. The van der Waals surface area contributed by atoms with Gasteiger partial charge >= 0.3 is 0 Å². The second-order valence-electron chi connectivity index (χ2n) is 5.26. The van der Waals surface area contributed by atoms with Crippen LogP contribution in [0.15, 0.2) is 18.2 Å². The third kappa shape index (κ3) is 3.09. The van der Waals surface area contributed by atoms with Crippen molar-refractivity contribution in [2.45, 2.75) is 45.3 Å². The van der Waals surface area contributed by atoms with Crippen molar-refractivity contribution in [2.75, 3.05) is 6.61 Å². The van der Waals surface area contributed by atoms with Gasteiger partial charge in [0.15, 0.2) is 0 Å². The van der Waals surface area contributed by atoms with E-state index < -0.39 is 0 Å². The molecule has 0 amide bonds. The molecule has 0 heterocycles. The van der Waals surface area contributed by atoms with Crippen molar-refractivity contribution >= 4 is 0 Å². The first-order valence-corrected chi connectivity index (χ1v) is 6.73. The summed E-state index contributed by atoms with van der Waals surface area (Å²) in [7, 11) is 0. The summed E-state index contributed by atoms with van der Waals surface area (Å²) in [6.45, 7) is 4.74. The van der Waals surface area contributed by atoms with Crippen molar-refractivity contribution < 1.29 is 9.13 Å². The molecule has 1 aliphatic rings. The average molecular weight is 251 g/mol. The average Bonchev–Trinajstić information content (AvgIpc) is 2.26. The Morgan fingerprint density at radius 3 is 2.78 bits per heavy atom. The Bertz CT molecular complexity index is 401. The molecule has 1 aromatic carbocycles. The summed E-state index contributed by atoms with van der Waals surface area (Å²) in [6, 6.07) is 4.87. The van der Waals surface area contributed by atoms with Crippen molar-refractivity contribution in [1.29, 1.82) is 0 Å². The Morgan fingerprint density at radius 1 is 1.44 bits per heavy atom. The third-order valence-corrected chi connectivity index (χ3v) is 3.81. The van der Waals surface area contributed by atoms with Crippen LogP contribution in [-0.2, 0) is 4.74 Å². The van der Waals surface area contributed by atoms with Gasteiger partial charge in [0.05, 0.1) is 6.10 Å². The van der Waals surface area contributed by atoms with Gasteiger partial charge in [0.1, 0.15) is 5.82 Å². The second kappa shape index (κ2) is 5.81. The van der Waals surface area contributed by atoms with Crippen LogP contribution in [0.25, 0.3) is 0 Å². The van der Waals surface area contributed by atoms with E-state index in [4.69, 9.17) is 10.5 Å². The Balaban J connectivity index is 1.87. The predicted molar refractivity (Wildman–Crippen MR) is 70.8 cm³/mol. The second-order valence-corrected chi connectivity index (χ2v) is 5.26. The van der Waals surface area contributed by atoms with Crippen LogP contribution >= 0.6 is 0 Å². The minimum Gasteiger partial charge on any atom is -0.378 e. The molecule has 1 atom stereocenters. The smallest absolute Gasteiger partial charge is 0.123 e. The van der Waals surface area contributed by atoms with E-state index >= 15 is 0 Å². The first-order valence-electron chi connectivity index (χ1n) is 6.73. The molecule has 2 rings (SSSR count). The van der Waals surface area contributed by atoms with E-state index in [-0.39, 0.29) is 11.9 Å². The zero-order chi connectivity index (χ0) is 13.1. The van der Waals surface area contributed by atoms with Gasteiger partial charge < -0.3 is 10.5 Å². The molecular formula is C15H22FNO. The molecule has 0 aliphatic heterocycles. The van der Waals surface area contributed by atoms with E-state index in [1.165, 1.54) is 6.07 Å². The van der Waals surface area contributed by atoms with Crippen molar-refractivity contribution in [3.63, 3.8) is 0 Å². The maximum Gasteiger partial charge on any atom is 0.123 e. The normalized spacial score (nSPS) is 24.7. The van der Waals surface area contributed by atoms with Gasteiger partial charge in [-0.05, 0) is 62.3 Å². The van der Waals surface area contributed by atoms with Crippen LogP contribution in [0.5, 0.6) is 0 Å². The lowest BCUT2D eigenvalue weighted by molar-refractivity contribution is -0.0282. The zero-order valence-corrected chi connectivity index (χ0v) is 11.2. The highest BCUT2D eigenvalue weighted by Crippen LogP contribution is 2.36. The molecule has 0 spiro atoms. The molecule has 1 unspecified atom stereocenters. The summed E-state index contributed by atoms with van der Waals surface area (Å²) in [5, 5.41) is 0. The molecule has 3 heteroatoms. The molecule has 100 valence electrons. The van der Waals surface area contributed by atoms with Gasteiger partial charge in [-0.3, -0.25) is 0 Å². The van der Waals surface area contributed by atoms with Crippen molar-refractivity contribution in [2.24, 2.45) is 11.7 Å². The van der Waals surface area contributed by atoms with Gasteiger partial charge in [-0.15, -0.1) is 0 Å². The van der Waals surface area contributed by atoms with E-state index in [1.54, 1.807) is 6.07 Å². The van der Waals surface area contributed by atoms with E-state index in [0.29, 0.717) is 12.0 Å². The molecular weight excluding hydrogens is 229 g/mol. The summed E-state index contributed by atoms with van der Waals surface area (Å²) in [5.41, 5.74) is 8.23. The molecule has 1 aliphatic carbocycles. The SMILES string of the molecule is CCOC1CC(CC(N)c2ccc(F)cc2C)C1. The number of ether oxygens (including phenoxy) is 1. The maximum atomic E-state index is 13.0. The number of aryl methyl sites for hydroxylation is 1. The predicted octanol–water partition coefficient (Wildman–Crippen LogP) is 3.34. The van der Waals surface area contributed by atoms with Gasteiger partial charge in [0.25, 0.3) is 0 Å². The number of nitrogens with two attached hydrogens (primary N) is 1. The molecule has 0 bridgehead atoms. The first-order chi connectivity index (χ1) is 8.60. The van der Waals surface area contributed by atoms with Gasteiger partial charge in [0, 0.05) is 12.6 Å². The first kappa shape index (κ1) is 13.5. The maximum absolute atomic E-state index is 13.0. The van der Waals surface area contributed by atoms with E-state index in [0.717, 1.165) is 37.0 Å². The molecule has 0 aromatic heterocycles. The standard InChI is InChI=1S/C15H22FNO/c1-3-18-13-7-11(8-13)9-15(17)14-5-4-12(16)6-10(14)2/h4-6,11,13,15H,3,7-9,17H2,1-2H3. The van der Waals surface area contributed by atoms with Gasteiger partial charge in [-0.25, -0.2) is 4.39 Å². The van der Waals surface area contributed by atoms with Crippen LogP contribution in [0.3, 0.4) is 0 Å². The highest BCUT2D eigenvalue weighted by Gasteiger charge is 2.31. The Morgan fingerprint density at radius 2 is 2.17 bits per heavy atom. The van der Waals surface area contributed by atoms with Crippen LogP contribution in [0.1, 0.15) is 43.4 Å². The van der Waals surface area contributed by atoms with Crippen LogP contribution in [0.2, 0.25) is 0 Å². The fourth-order valence-corrected chi connectivity index (χ4v) is 2.78. The summed E-state index contributed by atoms with van der Waals surface area (Å²) in [4.78, 5) is 0. The van der Waals surface area contributed by atoms with Crippen molar-refractivity contribution in [3.05, 3.63) is 35.1 Å². The molecule has 2 N–H and O–H groups in total. The minimum absolute atomic E-state index is 0.0122. The molecule has 1 saturated carbocycles. The fourth-order valence-electron chi connectivity index (χ4n) is 2.78. The monoisotopic (exact) mass is 251 g/mol. The highest BCUT2D eigenvalue weighted by atomic mass is 19.1. The highest BCUT2D eigenvalue weighted by molar-refractivity contribution is 5.29. The Kier molecular flexibility index (Phi) is 4.36. The van der Waals surface area contributed by atoms with Crippen LogP contribution in [0.4, 0.5) is 4.39 Å². The van der Waals surface area contributed by atoms with Crippen LogP contribution in [-0.4, -0.2) is 12.7 Å². The summed E-state index contributed by atoms with van der Waals surface area (Å²) < 4.78 is 18.6. The lowest BCUT2D eigenvalue weighted by Crippen LogP contribution is -2.33. The van der Waals surface area contributed by atoms with Gasteiger partial charge in [-0.2, -0.15) is 0 Å². The molecule has 1 fully saturated rings. The van der Waals surface area contributed by atoms with Gasteiger partial charge in [-0.1, -0.05) is 6.07 Å². The van der Waals surface area contributed by atoms with Crippen molar-refractivity contribution in [3.8, 4) is 0 Å². The number of benzene rings is 1. The molecule has 18 heavy (non-hydrogen) atoms.